The average Bonchev–Trinajstić information content (AvgIpc) is 2.70. The van der Waals surface area contributed by atoms with Crippen LogP contribution in [-0.2, 0) is 0 Å². The number of nitro groups is 1. The summed E-state index contributed by atoms with van der Waals surface area (Å²) in [7, 11) is 0. The normalized spacial score (nSPS) is 10.3. The number of benzene rings is 1. The van der Waals surface area contributed by atoms with Crippen LogP contribution in [0.15, 0.2) is 18.2 Å². The molecule has 1 N–H and O–H groups in total. The highest BCUT2D eigenvalue weighted by molar-refractivity contribution is 7.15. The second-order valence-electron chi connectivity index (χ2n) is 3.38. The molecule has 0 unspecified atom stereocenters. The van der Waals surface area contributed by atoms with Gasteiger partial charge in [-0.2, -0.15) is 4.98 Å². The number of ether oxygens (including phenoxy) is 1. The Hall–Kier alpha value is -2.26. The van der Waals surface area contributed by atoms with Crippen LogP contribution in [0.4, 0.5) is 10.1 Å². The third kappa shape index (κ3) is 2.83. The number of hydrogen-bond donors (Lipinski definition) is 1. The third-order valence-electron chi connectivity index (χ3n) is 2.08. The summed E-state index contributed by atoms with van der Waals surface area (Å²) in [5, 5.41) is 19.0. The molecule has 0 amide bonds. The van der Waals surface area contributed by atoms with E-state index in [1.54, 1.807) is 0 Å². The molecule has 20 heavy (non-hydrogen) atoms. The Kier molecular flexibility index (Phi) is 3.81. The summed E-state index contributed by atoms with van der Waals surface area (Å²) >= 11 is 6.15. The molecule has 0 saturated carbocycles. The number of thiazole rings is 1. The standard InChI is InChI=1S/C10H4ClFN2O5S/c11-8-7(9(15)16)20-10(13-8)19-6-3-4(12)1-2-5(6)14(17)18/h1-3H,(H,15,16). The van der Waals surface area contributed by atoms with Crippen LogP contribution in [0.25, 0.3) is 0 Å². The first-order chi connectivity index (χ1) is 9.38. The van der Waals surface area contributed by atoms with Crippen molar-refractivity contribution >= 4 is 34.6 Å². The zero-order chi connectivity index (χ0) is 14.9. The summed E-state index contributed by atoms with van der Waals surface area (Å²) in [6.45, 7) is 0. The average molecular weight is 319 g/mol. The number of rotatable bonds is 4. The van der Waals surface area contributed by atoms with Crippen molar-refractivity contribution in [1.82, 2.24) is 4.98 Å². The zero-order valence-corrected chi connectivity index (χ0v) is 10.9. The minimum absolute atomic E-state index is 0.235. The van der Waals surface area contributed by atoms with Crippen LogP contribution in [0.2, 0.25) is 5.15 Å². The van der Waals surface area contributed by atoms with Crippen LogP contribution < -0.4 is 4.74 Å². The van der Waals surface area contributed by atoms with Gasteiger partial charge in [0.15, 0.2) is 10.0 Å². The first-order valence-corrected chi connectivity index (χ1v) is 6.09. The highest BCUT2D eigenvalue weighted by Crippen LogP contribution is 2.36. The van der Waals surface area contributed by atoms with Gasteiger partial charge in [-0.15, -0.1) is 0 Å². The summed E-state index contributed by atoms with van der Waals surface area (Å²) in [6.07, 6.45) is 0. The monoisotopic (exact) mass is 318 g/mol. The molecule has 0 atom stereocenters. The Morgan fingerprint density at radius 1 is 1.55 bits per heavy atom. The van der Waals surface area contributed by atoms with E-state index in [-0.39, 0.29) is 15.2 Å². The quantitative estimate of drug-likeness (QED) is 0.685. The number of carboxylic acid groups (broad SMARTS) is 1. The molecule has 1 aromatic heterocycles. The molecule has 0 bridgehead atoms. The van der Waals surface area contributed by atoms with Crippen LogP contribution in [0.5, 0.6) is 10.9 Å². The number of halogens is 2. The summed E-state index contributed by atoms with van der Waals surface area (Å²) in [6, 6.07) is 2.63. The summed E-state index contributed by atoms with van der Waals surface area (Å²) in [4.78, 5) is 24.1. The summed E-state index contributed by atoms with van der Waals surface area (Å²) in [5.74, 6) is -2.44. The molecule has 1 heterocycles. The van der Waals surface area contributed by atoms with Crippen molar-refractivity contribution in [3.63, 3.8) is 0 Å². The van der Waals surface area contributed by atoms with E-state index in [2.05, 4.69) is 4.98 Å². The van der Waals surface area contributed by atoms with Gasteiger partial charge in [0.2, 0.25) is 5.75 Å². The maximum absolute atomic E-state index is 13.1. The van der Waals surface area contributed by atoms with E-state index in [4.69, 9.17) is 21.4 Å². The van der Waals surface area contributed by atoms with Crippen molar-refractivity contribution in [1.29, 1.82) is 0 Å². The van der Waals surface area contributed by atoms with Gasteiger partial charge in [-0.3, -0.25) is 10.1 Å². The Labute approximate surface area is 119 Å². The Morgan fingerprint density at radius 3 is 2.80 bits per heavy atom. The number of nitro benzene ring substituents is 1. The van der Waals surface area contributed by atoms with Crippen molar-refractivity contribution < 1.29 is 24.0 Å². The Balaban J connectivity index is 2.39. The molecular weight excluding hydrogens is 315 g/mol. The first-order valence-electron chi connectivity index (χ1n) is 4.90. The highest BCUT2D eigenvalue weighted by Gasteiger charge is 2.21. The molecule has 0 aliphatic rings. The van der Waals surface area contributed by atoms with Gasteiger partial charge in [0.05, 0.1) is 4.92 Å². The van der Waals surface area contributed by atoms with Crippen LogP contribution >= 0.6 is 22.9 Å². The fourth-order valence-electron chi connectivity index (χ4n) is 1.27. The van der Waals surface area contributed by atoms with E-state index in [1.807, 2.05) is 0 Å². The van der Waals surface area contributed by atoms with Gasteiger partial charge < -0.3 is 9.84 Å². The molecule has 2 rings (SSSR count). The van der Waals surface area contributed by atoms with Gasteiger partial charge in [0, 0.05) is 12.1 Å². The molecule has 0 radical (unpaired) electrons. The highest BCUT2D eigenvalue weighted by atomic mass is 35.5. The number of carboxylic acids is 1. The number of carbonyl (C=O) groups is 1. The number of aromatic nitrogens is 1. The predicted molar refractivity (Wildman–Crippen MR) is 67.2 cm³/mol. The molecule has 0 aliphatic heterocycles. The van der Waals surface area contributed by atoms with Gasteiger partial charge >= 0.3 is 11.7 Å². The molecule has 0 fully saturated rings. The van der Waals surface area contributed by atoms with E-state index in [0.717, 1.165) is 18.2 Å². The number of aromatic carboxylic acids is 1. The van der Waals surface area contributed by atoms with Crippen molar-refractivity contribution in [3.05, 3.63) is 44.2 Å². The molecular formula is C10H4ClFN2O5S. The SMILES string of the molecule is O=C(O)c1sc(Oc2cc(F)ccc2[N+](=O)[O-])nc1Cl. The largest absolute Gasteiger partial charge is 0.477 e. The molecule has 2 aromatic rings. The maximum atomic E-state index is 13.1. The van der Waals surface area contributed by atoms with Crippen molar-refractivity contribution in [2.45, 2.75) is 0 Å². The van der Waals surface area contributed by atoms with Gasteiger partial charge in [-0.05, 0) is 6.07 Å². The lowest BCUT2D eigenvalue weighted by atomic mass is 10.3. The lowest BCUT2D eigenvalue weighted by Crippen LogP contribution is -1.94. The topological polar surface area (TPSA) is 103 Å². The predicted octanol–water partition coefficient (Wildman–Crippen LogP) is 3.33. The third-order valence-corrected chi connectivity index (χ3v) is 3.38. The fourth-order valence-corrected chi connectivity index (χ4v) is 2.26. The molecule has 0 spiro atoms. The second-order valence-corrected chi connectivity index (χ2v) is 4.70. The van der Waals surface area contributed by atoms with Gasteiger partial charge in [0.1, 0.15) is 5.82 Å². The molecule has 104 valence electrons. The minimum atomic E-state index is -1.31. The van der Waals surface area contributed by atoms with E-state index >= 15 is 0 Å². The fraction of sp³-hybridized carbons (Fsp3) is 0. The second kappa shape index (κ2) is 5.39. The van der Waals surface area contributed by atoms with E-state index in [9.17, 15) is 19.3 Å². The lowest BCUT2D eigenvalue weighted by Gasteiger charge is -2.02. The summed E-state index contributed by atoms with van der Waals surface area (Å²) in [5.41, 5.74) is -0.477. The lowest BCUT2D eigenvalue weighted by molar-refractivity contribution is -0.385. The van der Waals surface area contributed by atoms with Crippen molar-refractivity contribution in [3.8, 4) is 10.9 Å². The molecule has 0 aliphatic carbocycles. The molecule has 7 nitrogen and oxygen atoms in total. The van der Waals surface area contributed by atoms with Crippen LogP contribution in [0, 0.1) is 15.9 Å². The molecule has 10 heteroatoms. The van der Waals surface area contributed by atoms with Gasteiger partial charge in [-0.1, -0.05) is 22.9 Å². The van der Waals surface area contributed by atoms with Gasteiger partial charge in [0.25, 0.3) is 5.19 Å². The number of nitrogens with zero attached hydrogens (tertiary/aromatic N) is 2. The van der Waals surface area contributed by atoms with Crippen LogP contribution in [0.1, 0.15) is 9.67 Å². The Morgan fingerprint density at radius 2 is 2.25 bits per heavy atom. The summed E-state index contributed by atoms with van der Waals surface area (Å²) < 4.78 is 18.1. The van der Waals surface area contributed by atoms with Gasteiger partial charge in [-0.25, -0.2) is 9.18 Å². The minimum Gasteiger partial charge on any atom is -0.477 e. The smallest absolute Gasteiger partial charge is 0.349 e. The zero-order valence-electron chi connectivity index (χ0n) is 9.37. The van der Waals surface area contributed by atoms with E-state index in [1.165, 1.54) is 0 Å². The van der Waals surface area contributed by atoms with Crippen LogP contribution in [0.3, 0.4) is 0 Å². The Bertz CT molecular complexity index is 705. The van der Waals surface area contributed by atoms with Crippen molar-refractivity contribution in [2.75, 3.05) is 0 Å². The maximum Gasteiger partial charge on any atom is 0.349 e. The van der Waals surface area contributed by atoms with Crippen LogP contribution in [-0.4, -0.2) is 21.0 Å². The van der Waals surface area contributed by atoms with E-state index < -0.39 is 28.1 Å². The molecule has 0 saturated heterocycles. The number of hydrogen-bond acceptors (Lipinski definition) is 6. The first kappa shape index (κ1) is 14.2. The molecule has 1 aromatic carbocycles. The van der Waals surface area contributed by atoms with Crippen molar-refractivity contribution in [2.24, 2.45) is 0 Å². The van der Waals surface area contributed by atoms with E-state index in [0.29, 0.717) is 11.3 Å².